The van der Waals surface area contributed by atoms with Crippen molar-refractivity contribution >= 4 is 22.6 Å². The minimum atomic E-state index is -0.166. The maximum absolute atomic E-state index is 6.12. The number of benzene rings is 1. The standard InChI is InChI=1S/C16H25IO/c1-12(2)10-18-16(5,11-17)15-8-6-14(7-9-15)13(3)4/h6-9,12-13H,10-11H2,1-5H3. The van der Waals surface area contributed by atoms with Crippen LogP contribution in [-0.2, 0) is 10.3 Å². The van der Waals surface area contributed by atoms with Gasteiger partial charge in [0.15, 0.2) is 0 Å². The van der Waals surface area contributed by atoms with E-state index in [0.717, 1.165) is 11.0 Å². The molecular weight excluding hydrogens is 335 g/mol. The van der Waals surface area contributed by atoms with Crippen molar-refractivity contribution in [2.75, 3.05) is 11.0 Å². The Labute approximate surface area is 125 Å². The Morgan fingerprint density at radius 1 is 1.11 bits per heavy atom. The third kappa shape index (κ3) is 4.23. The molecule has 0 fully saturated rings. The van der Waals surface area contributed by atoms with Crippen LogP contribution >= 0.6 is 22.6 Å². The SMILES string of the molecule is CC(C)COC(C)(CI)c1ccc(C(C)C)cc1. The normalized spacial score (nSPS) is 15.1. The summed E-state index contributed by atoms with van der Waals surface area (Å²) in [7, 11) is 0. The van der Waals surface area contributed by atoms with Crippen LogP contribution in [0.1, 0.15) is 51.7 Å². The third-order valence-corrected chi connectivity index (χ3v) is 4.63. The van der Waals surface area contributed by atoms with Gasteiger partial charge in [0.05, 0.1) is 12.2 Å². The fraction of sp³-hybridized carbons (Fsp3) is 0.625. The summed E-state index contributed by atoms with van der Waals surface area (Å²) >= 11 is 2.41. The van der Waals surface area contributed by atoms with Gasteiger partial charge in [-0.2, -0.15) is 0 Å². The number of halogens is 1. The summed E-state index contributed by atoms with van der Waals surface area (Å²) in [6, 6.07) is 8.88. The van der Waals surface area contributed by atoms with Crippen LogP contribution in [0.15, 0.2) is 24.3 Å². The molecule has 0 amide bonds. The Kier molecular flexibility index (Phi) is 6.12. The fourth-order valence-corrected chi connectivity index (χ4v) is 2.43. The lowest BCUT2D eigenvalue weighted by Crippen LogP contribution is -2.29. The molecular formula is C16H25IO. The van der Waals surface area contributed by atoms with Crippen LogP contribution in [0.4, 0.5) is 0 Å². The first-order valence-electron chi connectivity index (χ1n) is 6.69. The van der Waals surface area contributed by atoms with E-state index in [1.165, 1.54) is 11.1 Å². The van der Waals surface area contributed by atoms with Crippen molar-refractivity contribution in [1.82, 2.24) is 0 Å². The average molecular weight is 360 g/mol. The highest BCUT2D eigenvalue weighted by atomic mass is 127. The molecule has 1 aromatic rings. The zero-order valence-electron chi connectivity index (χ0n) is 12.2. The molecule has 1 aromatic carbocycles. The third-order valence-electron chi connectivity index (χ3n) is 3.18. The molecule has 0 spiro atoms. The summed E-state index contributed by atoms with van der Waals surface area (Å²) in [5.74, 6) is 1.16. The minimum Gasteiger partial charge on any atom is -0.370 e. The molecule has 0 aliphatic rings. The van der Waals surface area contributed by atoms with Crippen molar-refractivity contribution in [3.05, 3.63) is 35.4 Å². The molecule has 0 aromatic heterocycles. The second-order valence-electron chi connectivity index (χ2n) is 5.85. The van der Waals surface area contributed by atoms with Crippen molar-refractivity contribution in [2.45, 2.75) is 46.1 Å². The molecule has 1 rings (SSSR count). The molecule has 1 nitrogen and oxygen atoms in total. The molecule has 1 atom stereocenters. The van der Waals surface area contributed by atoms with E-state index >= 15 is 0 Å². The Balaban J connectivity index is 2.86. The molecule has 2 heteroatoms. The lowest BCUT2D eigenvalue weighted by Gasteiger charge is -2.30. The number of hydrogen-bond acceptors (Lipinski definition) is 1. The highest BCUT2D eigenvalue weighted by Gasteiger charge is 2.26. The second kappa shape index (κ2) is 6.90. The van der Waals surface area contributed by atoms with Gasteiger partial charge in [-0.25, -0.2) is 0 Å². The lowest BCUT2D eigenvalue weighted by molar-refractivity contribution is -0.0289. The van der Waals surface area contributed by atoms with Crippen molar-refractivity contribution in [2.24, 2.45) is 5.92 Å². The summed E-state index contributed by atoms with van der Waals surface area (Å²) in [4.78, 5) is 0. The first-order valence-corrected chi connectivity index (χ1v) is 8.22. The zero-order chi connectivity index (χ0) is 13.8. The molecule has 0 N–H and O–H groups in total. The van der Waals surface area contributed by atoms with Crippen molar-refractivity contribution in [3.8, 4) is 0 Å². The molecule has 102 valence electrons. The summed E-state index contributed by atoms with van der Waals surface area (Å²) < 4.78 is 7.09. The van der Waals surface area contributed by atoms with Crippen LogP contribution in [0.5, 0.6) is 0 Å². The Morgan fingerprint density at radius 3 is 2.06 bits per heavy atom. The van der Waals surface area contributed by atoms with Gasteiger partial charge in [-0.1, -0.05) is 74.6 Å². The van der Waals surface area contributed by atoms with Crippen molar-refractivity contribution in [1.29, 1.82) is 0 Å². The minimum absolute atomic E-state index is 0.166. The van der Waals surface area contributed by atoms with Gasteiger partial charge in [-0.3, -0.25) is 0 Å². The van der Waals surface area contributed by atoms with Gasteiger partial charge in [0.1, 0.15) is 0 Å². The molecule has 0 saturated heterocycles. The van der Waals surface area contributed by atoms with E-state index in [0.29, 0.717) is 11.8 Å². The smallest absolute Gasteiger partial charge is 0.0992 e. The van der Waals surface area contributed by atoms with Gasteiger partial charge in [-0.15, -0.1) is 0 Å². The van der Waals surface area contributed by atoms with Crippen LogP contribution in [0.25, 0.3) is 0 Å². The van der Waals surface area contributed by atoms with Crippen LogP contribution in [0.2, 0.25) is 0 Å². The van der Waals surface area contributed by atoms with Gasteiger partial charge >= 0.3 is 0 Å². The highest BCUT2D eigenvalue weighted by molar-refractivity contribution is 14.1. The molecule has 0 bridgehead atoms. The van der Waals surface area contributed by atoms with E-state index in [-0.39, 0.29) is 5.60 Å². The Morgan fingerprint density at radius 2 is 1.67 bits per heavy atom. The number of hydrogen-bond donors (Lipinski definition) is 0. The summed E-state index contributed by atoms with van der Waals surface area (Å²) in [6.45, 7) is 11.8. The summed E-state index contributed by atoms with van der Waals surface area (Å²) in [5.41, 5.74) is 2.50. The molecule has 0 aliphatic carbocycles. The van der Waals surface area contributed by atoms with Gasteiger partial charge < -0.3 is 4.74 Å². The van der Waals surface area contributed by atoms with E-state index in [4.69, 9.17) is 4.74 Å². The monoisotopic (exact) mass is 360 g/mol. The topological polar surface area (TPSA) is 9.23 Å². The van der Waals surface area contributed by atoms with Gasteiger partial charge in [0.25, 0.3) is 0 Å². The molecule has 0 radical (unpaired) electrons. The Bertz CT molecular complexity index is 356. The highest BCUT2D eigenvalue weighted by Crippen LogP contribution is 2.29. The second-order valence-corrected chi connectivity index (χ2v) is 6.61. The van der Waals surface area contributed by atoms with Crippen molar-refractivity contribution < 1.29 is 4.74 Å². The largest absolute Gasteiger partial charge is 0.370 e. The zero-order valence-corrected chi connectivity index (χ0v) is 14.3. The Hall–Kier alpha value is -0.0900. The predicted octanol–water partition coefficient (Wildman–Crippen LogP) is 5.13. The van der Waals surface area contributed by atoms with Gasteiger partial charge in [-0.05, 0) is 29.9 Å². The van der Waals surface area contributed by atoms with E-state index in [1.54, 1.807) is 0 Å². The summed E-state index contributed by atoms with van der Waals surface area (Å²) in [6.07, 6.45) is 0. The van der Waals surface area contributed by atoms with Crippen LogP contribution in [0.3, 0.4) is 0 Å². The molecule has 1 unspecified atom stereocenters. The molecule has 18 heavy (non-hydrogen) atoms. The van der Waals surface area contributed by atoms with Gasteiger partial charge in [0.2, 0.25) is 0 Å². The molecule has 0 heterocycles. The fourth-order valence-electron chi connectivity index (χ4n) is 1.77. The van der Waals surface area contributed by atoms with E-state index in [2.05, 4.69) is 81.5 Å². The number of ether oxygens (including phenoxy) is 1. The van der Waals surface area contributed by atoms with E-state index in [9.17, 15) is 0 Å². The maximum atomic E-state index is 6.12. The molecule has 0 aliphatic heterocycles. The number of alkyl halides is 1. The lowest BCUT2D eigenvalue weighted by atomic mass is 9.94. The quantitative estimate of drug-likeness (QED) is 0.505. The van der Waals surface area contributed by atoms with E-state index in [1.807, 2.05) is 0 Å². The molecule has 0 saturated carbocycles. The van der Waals surface area contributed by atoms with Gasteiger partial charge in [0, 0.05) is 4.43 Å². The first kappa shape index (κ1) is 16.0. The maximum Gasteiger partial charge on any atom is 0.0992 e. The predicted molar refractivity (Wildman–Crippen MR) is 87.6 cm³/mol. The first-order chi connectivity index (χ1) is 8.39. The van der Waals surface area contributed by atoms with Crippen LogP contribution < -0.4 is 0 Å². The average Bonchev–Trinajstić information content (AvgIpc) is 2.36. The van der Waals surface area contributed by atoms with Crippen LogP contribution in [0, 0.1) is 5.92 Å². The van der Waals surface area contributed by atoms with Crippen molar-refractivity contribution in [3.63, 3.8) is 0 Å². The van der Waals surface area contributed by atoms with E-state index < -0.39 is 0 Å². The number of rotatable bonds is 6. The van der Waals surface area contributed by atoms with Crippen LogP contribution in [-0.4, -0.2) is 11.0 Å². The summed E-state index contributed by atoms with van der Waals surface area (Å²) in [5, 5.41) is 0.